The molecular weight excluding hydrogens is 474 g/mol. The van der Waals surface area contributed by atoms with Gasteiger partial charge in [-0.15, -0.1) is 0 Å². The fraction of sp³-hybridized carbons (Fsp3) is 0.591. The zero-order chi connectivity index (χ0) is 25.4. The van der Waals surface area contributed by atoms with E-state index >= 15 is 0 Å². The molecular formula is C22H33N7O5S. The molecule has 2 aliphatic rings. The first-order chi connectivity index (χ1) is 16.5. The van der Waals surface area contributed by atoms with Crippen molar-refractivity contribution < 1.29 is 22.7 Å². The molecule has 0 aromatic carbocycles. The number of carbonyl (C=O) groups is 2. The van der Waals surface area contributed by atoms with Gasteiger partial charge in [0.05, 0.1) is 18.5 Å². The Balaban J connectivity index is 1.70. The van der Waals surface area contributed by atoms with Crippen molar-refractivity contribution in [3.8, 4) is 0 Å². The highest BCUT2D eigenvalue weighted by Gasteiger charge is 2.41. The van der Waals surface area contributed by atoms with Gasteiger partial charge in [0, 0.05) is 65.7 Å². The number of methoxy groups -OCH3 is 1. The number of hydrogen-bond acceptors (Lipinski definition) is 7. The lowest BCUT2D eigenvalue weighted by Gasteiger charge is -2.37. The lowest BCUT2D eigenvalue weighted by molar-refractivity contribution is 0.0931. The van der Waals surface area contributed by atoms with Crippen LogP contribution in [0, 0.1) is 0 Å². The molecule has 1 saturated heterocycles. The topological polar surface area (TPSA) is 129 Å². The summed E-state index contributed by atoms with van der Waals surface area (Å²) >= 11 is 0. The molecule has 3 heterocycles. The fourth-order valence-electron chi connectivity index (χ4n) is 4.04. The summed E-state index contributed by atoms with van der Waals surface area (Å²) < 4.78 is 35.8. The van der Waals surface area contributed by atoms with Gasteiger partial charge in [0.15, 0.2) is 5.65 Å². The van der Waals surface area contributed by atoms with Crippen LogP contribution in [0.1, 0.15) is 30.3 Å². The first-order valence-corrected chi connectivity index (χ1v) is 13.1. The number of hydrogen-bond donors (Lipinski definition) is 2. The van der Waals surface area contributed by atoms with Gasteiger partial charge in [-0.3, -0.25) is 9.20 Å². The van der Waals surface area contributed by atoms with Crippen LogP contribution in [-0.2, 0) is 14.8 Å². The third kappa shape index (κ3) is 5.36. The Morgan fingerprint density at radius 3 is 2.49 bits per heavy atom. The van der Waals surface area contributed by atoms with Gasteiger partial charge in [-0.25, -0.2) is 22.9 Å². The summed E-state index contributed by atoms with van der Waals surface area (Å²) in [6.07, 6.45) is 4.44. The first kappa shape index (κ1) is 25.2. The largest absolute Gasteiger partial charge is 0.383 e. The normalized spacial score (nSPS) is 17.5. The molecule has 2 fully saturated rings. The maximum atomic E-state index is 13.3. The highest BCUT2D eigenvalue weighted by Crippen LogP contribution is 2.36. The molecule has 35 heavy (non-hydrogen) atoms. The van der Waals surface area contributed by atoms with Gasteiger partial charge >= 0.3 is 6.03 Å². The minimum Gasteiger partial charge on any atom is -0.383 e. The second-order valence-electron chi connectivity index (χ2n) is 9.46. The molecule has 1 saturated carbocycles. The Morgan fingerprint density at radius 1 is 1.20 bits per heavy atom. The highest BCUT2D eigenvalue weighted by atomic mass is 32.2. The standard InChI is InChI=1S/C22H33N7O5S/c1-22(5-6-22)25-35(32,33)16-13-17(27-8-10-28(11-9-27)21(31)26(2)3)19-24-14-18(29(19)15-16)20(30)23-7-12-34-4/h13-15,25H,5-12H2,1-4H3,(H,23,30). The third-order valence-corrected chi connectivity index (χ3v) is 7.96. The summed E-state index contributed by atoms with van der Waals surface area (Å²) in [5.74, 6) is -0.376. The van der Waals surface area contributed by atoms with Crippen molar-refractivity contribution in [2.24, 2.45) is 0 Å². The average Bonchev–Trinajstić information content (AvgIpc) is 3.37. The highest BCUT2D eigenvalue weighted by molar-refractivity contribution is 7.89. The maximum absolute atomic E-state index is 13.3. The molecule has 0 radical (unpaired) electrons. The number of nitrogens with zero attached hydrogens (tertiary/aromatic N) is 5. The smallest absolute Gasteiger partial charge is 0.319 e. The summed E-state index contributed by atoms with van der Waals surface area (Å²) in [5, 5.41) is 2.76. The first-order valence-electron chi connectivity index (χ1n) is 11.6. The lowest BCUT2D eigenvalue weighted by atomic mass is 10.2. The number of ether oxygens (including phenoxy) is 1. The zero-order valence-corrected chi connectivity index (χ0v) is 21.4. The van der Waals surface area contributed by atoms with E-state index < -0.39 is 15.6 Å². The van der Waals surface area contributed by atoms with Crippen LogP contribution in [0.15, 0.2) is 23.4 Å². The minimum atomic E-state index is -3.83. The number of fused-ring (bicyclic) bond motifs is 1. The van der Waals surface area contributed by atoms with E-state index in [2.05, 4.69) is 15.0 Å². The molecule has 12 nitrogen and oxygen atoms in total. The Hall–Kier alpha value is -2.90. The van der Waals surface area contributed by atoms with Crippen molar-refractivity contribution in [3.63, 3.8) is 0 Å². The SMILES string of the molecule is COCCNC(=O)c1cnc2c(N3CCN(C(=O)N(C)C)CC3)cc(S(=O)(=O)NC3(C)CC3)cn12. The number of pyridine rings is 1. The monoisotopic (exact) mass is 507 g/mol. The van der Waals surface area contributed by atoms with Crippen LogP contribution in [0.5, 0.6) is 0 Å². The number of anilines is 1. The molecule has 2 aromatic rings. The van der Waals surface area contributed by atoms with Crippen LogP contribution >= 0.6 is 0 Å². The van der Waals surface area contributed by atoms with E-state index in [-0.39, 0.29) is 22.5 Å². The molecule has 0 bridgehead atoms. The molecule has 4 rings (SSSR count). The molecule has 3 amide bonds. The van der Waals surface area contributed by atoms with Crippen LogP contribution in [-0.4, -0.2) is 106 Å². The van der Waals surface area contributed by atoms with E-state index in [0.29, 0.717) is 50.7 Å². The van der Waals surface area contributed by atoms with E-state index in [1.807, 2.05) is 11.8 Å². The second kappa shape index (κ2) is 9.63. The van der Waals surface area contributed by atoms with Gasteiger partial charge in [0.2, 0.25) is 10.0 Å². The number of urea groups is 1. The van der Waals surface area contributed by atoms with E-state index in [4.69, 9.17) is 4.74 Å². The molecule has 2 N–H and O–H groups in total. The number of amides is 3. The van der Waals surface area contributed by atoms with E-state index in [9.17, 15) is 18.0 Å². The van der Waals surface area contributed by atoms with Gasteiger partial charge in [-0.05, 0) is 25.8 Å². The Morgan fingerprint density at radius 2 is 1.89 bits per heavy atom. The van der Waals surface area contributed by atoms with Crippen LogP contribution in [0.3, 0.4) is 0 Å². The molecule has 1 aliphatic carbocycles. The number of imidazole rings is 1. The fourth-order valence-corrected chi connectivity index (χ4v) is 5.53. The van der Waals surface area contributed by atoms with E-state index in [1.165, 1.54) is 21.7 Å². The zero-order valence-electron chi connectivity index (χ0n) is 20.6. The Kier molecular flexibility index (Phi) is 6.93. The summed E-state index contributed by atoms with van der Waals surface area (Å²) in [6.45, 7) is 4.53. The third-order valence-electron chi connectivity index (χ3n) is 6.35. The molecule has 192 valence electrons. The average molecular weight is 508 g/mol. The Labute approximate surface area is 205 Å². The number of sulfonamides is 1. The van der Waals surface area contributed by atoms with Crippen molar-refractivity contribution in [2.45, 2.75) is 30.2 Å². The van der Waals surface area contributed by atoms with Gasteiger partial charge in [-0.2, -0.15) is 0 Å². The summed E-state index contributed by atoms with van der Waals surface area (Å²) in [7, 11) is 1.14. The predicted octanol–water partition coefficient (Wildman–Crippen LogP) is 0.345. The number of rotatable bonds is 8. The minimum absolute atomic E-state index is 0.0591. The molecule has 0 atom stereocenters. The van der Waals surface area contributed by atoms with E-state index in [0.717, 1.165) is 12.8 Å². The molecule has 2 aromatic heterocycles. The van der Waals surface area contributed by atoms with Crippen molar-refractivity contribution in [2.75, 3.05) is 65.4 Å². The van der Waals surface area contributed by atoms with Gasteiger partial charge in [-0.1, -0.05) is 0 Å². The van der Waals surface area contributed by atoms with Crippen molar-refractivity contribution in [1.29, 1.82) is 0 Å². The van der Waals surface area contributed by atoms with Gasteiger partial charge < -0.3 is 24.8 Å². The van der Waals surface area contributed by atoms with Crippen LogP contribution in [0.25, 0.3) is 5.65 Å². The lowest BCUT2D eigenvalue weighted by Crippen LogP contribution is -2.51. The molecule has 1 aliphatic heterocycles. The van der Waals surface area contributed by atoms with Crippen molar-refractivity contribution in [3.05, 3.63) is 24.2 Å². The molecule has 13 heteroatoms. The summed E-state index contributed by atoms with van der Waals surface area (Å²) in [5.41, 5.74) is 0.863. The van der Waals surface area contributed by atoms with Gasteiger partial charge in [0.25, 0.3) is 5.91 Å². The quantitative estimate of drug-likeness (QED) is 0.493. The predicted molar refractivity (Wildman–Crippen MR) is 130 cm³/mol. The van der Waals surface area contributed by atoms with Crippen molar-refractivity contribution in [1.82, 2.24) is 29.2 Å². The number of piperazine rings is 1. The molecule has 0 spiro atoms. The van der Waals surface area contributed by atoms with Crippen LogP contribution in [0.4, 0.5) is 10.5 Å². The van der Waals surface area contributed by atoms with E-state index in [1.54, 1.807) is 32.2 Å². The maximum Gasteiger partial charge on any atom is 0.319 e. The van der Waals surface area contributed by atoms with Gasteiger partial charge in [0.1, 0.15) is 10.6 Å². The molecule has 0 unspecified atom stereocenters. The van der Waals surface area contributed by atoms with Crippen LogP contribution in [0.2, 0.25) is 0 Å². The van der Waals surface area contributed by atoms with Crippen LogP contribution < -0.4 is 14.9 Å². The summed E-state index contributed by atoms with van der Waals surface area (Å²) in [6, 6.07) is 1.54. The number of aromatic nitrogens is 2. The number of nitrogens with one attached hydrogen (secondary N) is 2. The van der Waals surface area contributed by atoms with Crippen molar-refractivity contribution >= 4 is 33.3 Å². The summed E-state index contributed by atoms with van der Waals surface area (Å²) in [4.78, 5) is 35.0. The number of carbonyl (C=O) groups excluding carboxylic acids is 2. The Bertz CT molecular complexity index is 1210. The second-order valence-corrected chi connectivity index (χ2v) is 11.1.